The van der Waals surface area contributed by atoms with E-state index in [0.29, 0.717) is 102 Å². The Kier molecular flexibility index (Phi) is 46.3. The van der Waals surface area contributed by atoms with Crippen molar-refractivity contribution in [3.05, 3.63) is 29.8 Å². The molecule has 2 aliphatic heterocycles. The van der Waals surface area contributed by atoms with Crippen molar-refractivity contribution in [1.82, 2.24) is 55.6 Å². The zero-order chi connectivity index (χ0) is 81.9. The van der Waals surface area contributed by atoms with Gasteiger partial charge in [0.1, 0.15) is 5.75 Å². The Morgan fingerprint density at radius 2 is 0.845 bits per heavy atom. The number of unbranched alkanes of at least 4 members (excludes halogenated alkanes) is 7. The summed E-state index contributed by atoms with van der Waals surface area (Å²) in [6, 6.07) is 7.48. The van der Waals surface area contributed by atoms with Gasteiger partial charge in [-0.3, -0.25) is 62.5 Å². The van der Waals surface area contributed by atoms with Crippen molar-refractivity contribution in [1.29, 1.82) is 0 Å². The lowest BCUT2D eigenvalue weighted by atomic mass is 10.0. The number of aryl methyl sites for hydroxylation is 1. The van der Waals surface area contributed by atoms with Gasteiger partial charge in [0.15, 0.2) is 0 Å². The molecule has 0 aromatic heterocycles. The van der Waals surface area contributed by atoms with E-state index < -0.39 is 39.0 Å². The van der Waals surface area contributed by atoms with Crippen molar-refractivity contribution in [3.63, 3.8) is 0 Å². The molecule has 0 radical (unpaired) electrons. The fraction of sp³-hybridized carbons (Fsp3) is 0.775. The summed E-state index contributed by atoms with van der Waals surface area (Å²) in [5, 5.41) is 9.97. The highest BCUT2D eigenvalue weighted by Crippen LogP contribution is 2.29. The summed E-state index contributed by atoms with van der Waals surface area (Å²) in [6.45, 7) is 27.8. The maximum absolute atomic E-state index is 13.9. The predicted octanol–water partition coefficient (Wildman–Crippen LogP) is 8.18. The van der Waals surface area contributed by atoms with Crippen LogP contribution in [0.3, 0.4) is 0 Å². The van der Waals surface area contributed by atoms with Crippen LogP contribution < -0.4 is 26.0 Å². The molecule has 0 spiro atoms. The van der Waals surface area contributed by atoms with E-state index in [9.17, 15) is 57.5 Å². The number of amides is 12. The second kappa shape index (κ2) is 52.1. The van der Waals surface area contributed by atoms with Crippen molar-refractivity contribution in [3.8, 4) is 5.75 Å². The molecule has 2 fully saturated rings. The molecule has 2 unspecified atom stereocenters. The second-order valence-corrected chi connectivity index (χ2v) is 33.7. The number of carbonyl (C=O) groups is 12. The average molecular weight is 1590 g/mol. The van der Waals surface area contributed by atoms with Gasteiger partial charge in [0.2, 0.25) is 65.0 Å². The van der Waals surface area contributed by atoms with Crippen LogP contribution in [0.15, 0.2) is 24.3 Å². The van der Waals surface area contributed by atoms with Crippen LogP contribution in [0.1, 0.15) is 217 Å². The SMILES string of the molecule is CCOC(C)(C)CCN(CC(=O)NCCNC(=O)CCN1C(=O)CC(SCCCCCCN(CCCCCCSC2CC(=O)N(CCC(=O)NCCNC(=O)CN(CCC(C)(C)OCC)C(=O)CC(C)(C)OCC)C2=O)C(=O)CCCCc2ccc(OC(=O)N(C)CCCN(C)C)cc2)C1=O)C(=O)CC(C)(C)OCC. The number of carbonyl (C=O) groups excluding carboxylic acids is 12. The van der Waals surface area contributed by atoms with Crippen LogP contribution in [-0.4, -0.2) is 289 Å². The van der Waals surface area contributed by atoms with E-state index in [0.717, 1.165) is 92.5 Å². The number of hydrogen-bond donors (Lipinski definition) is 4. The molecule has 30 heteroatoms. The van der Waals surface area contributed by atoms with Crippen molar-refractivity contribution >= 4 is 94.6 Å². The molecule has 0 bridgehead atoms. The summed E-state index contributed by atoms with van der Waals surface area (Å²) >= 11 is 2.89. The molecule has 626 valence electrons. The van der Waals surface area contributed by atoms with Gasteiger partial charge in [0.05, 0.1) is 58.8 Å². The van der Waals surface area contributed by atoms with Crippen molar-refractivity contribution < 1.29 is 81.2 Å². The minimum absolute atomic E-state index is 0.0518. The summed E-state index contributed by atoms with van der Waals surface area (Å²) in [5.41, 5.74) is -1.34. The second-order valence-electron chi connectivity index (χ2n) is 31.1. The zero-order valence-electron chi connectivity index (χ0n) is 69.3. The van der Waals surface area contributed by atoms with Crippen molar-refractivity contribution in [2.45, 2.75) is 251 Å². The van der Waals surface area contributed by atoms with Crippen LogP contribution in [-0.2, 0) is 78.1 Å². The van der Waals surface area contributed by atoms with Gasteiger partial charge >= 0.3 is 6.09 Å². The first-order valence-corrected chi connectivity index (χ1v) is 42.2. The van der Waals surface area contributed by atoms with Crippen molar-refractivity contribution in [2.24, 2.45) is 0 Å². The molecule has 2 heterocycles. The maximum Gasteiger partial charge on any atom is 0.414 e. The third-order valence-electron chi connectivity index (χ3n) is 19.0. The Bertz CT molecular complexity index is 2880. The summed E-state index contributed by atoms with van der Waals surface area (Å²) in [7, 11) is 5.71. The largest absolute Gasteiger partial charge is 0.414 e. The lowest BCUT2D eigenvalue weighted by Crippen LogP contribution is -2.46. The molecule has 12 amide bonds. The Labute approximate surface area is 665 Å². The van der Waals surface area contributed by atoms with Crippen molar-refractivity contribution in [2.75, 3.05) is 151 Å². The number of ether oxygens (including phenoxy) is 5. The molecule has 2 aliphatic rings. The van der Waals surface area contributed by atoms with Crippen LogP contribution in [0.4, 0.5) is 4.79 Å². The van der Waals surface area contributed by atoms with E-state index in [-0.39, 0.29) is 156 Å². The molecule has 3 rings (SSSR count). The number of nitrogens with one attached hydrogen (secondary N) is 4. The van der Waals surface area contributed by atoms with Gasteiger partial charge in [-0.25, -0.2) is 4.79 Å². The zero-order valence-corrected chi connectivity index (χ0v) is 71.0. The third kappa shape index (κ3) is 40.8. The number of rotatable bonds is 60. The highest BCUT2D eigenvalue weighted by atomic mass is 32.2. The quantitative estimate of drug-likeness (QED) is 0.0353. The third-order valence-corrected chi connectivity index (χ3v) is 21.6. The van der Waals surface area contributed by atoms with Crippen LogP contribution in [0.25, 0.3) is 0 Å². The Hall–Kier alpha value is -6.44. The van der Waals surface area contributed by atoms with Crippen LogP contribution in [0.2, 0.25) is 0 Å². The van der Waals surface area contributed by atoms with Gasteiger partial charge in [0.25, 0.3) is 0 Å². The Balaban J connectivity index is 1.44. The van der Waals surface area contributed by atoms with E-state index in [1.54, 1.807) is 24.1 Å². The first-order valence-electron chi connectivity index (χ1n) is 40.1. The number of imide groups is 2. The number of benzene rings is 1. The molecular formula is C80H137N11O17S2. The van der Waals surface area contributed by atoms with Gasteiger partial charge in [-0.05, 0) is 197 Å². The minimum Gasteiger partial charge on any atom is -0.410 e. The Morgan fingerprint density at radius 1 is 0.445 bits per heavy atom. The number of nitrogens with zero attached hydrogens (tertiary/aromatic N) is 7. The molecule has 2 atom stereocenters. The number of hydrogen-bond acceptors (Lipinski definition) is 20. The first kappa shape index (κ1) is 97.8. The Morgan fingerprint density at radius 3 is 1.25 bits per heavy atom. The van der Waals surface area contributed by atoms with Gasteiger partial charge in [-0.1, -0.05) is 37.8 Å². The number of likely N-dealkylation sites (tertiary alicyclic amines) is 2. The molecular weight excluding hydrogens is 1450 g/mol. The maximum atomic E-state index is 13.9. The van der Waals surface area contributed by atoms with Gasteiger partial charge in [0, 0.05) is 138 Å². The molecule has 0 aliphatic carbocycles. The molecule has 2 saturated heterocycles. The normalized spacial score (nSPS) is 14.8. The van der Waals surface area contributed by atoms with E-state index in [4.69, 9.17) is 23.7 Å². The van der Waals surface area contributed by atoms with E-state index in [1.807, 2.05) is 114 Å². The molecule has 0 saturated carbocycles. The highest BCUT2D eigenvalue weighted by molar-refractivity contribution is 8.00. The molecule has 28 nitrogen and oxygen atoms in total. The fourth-order valence-corrected chi connectivity index (χ4v) is 15.1. The van der Waals surface area contributed by atoms with Gasteiger partial charge in [-0.15, -0.1) is 23.5 Å². The minimum atomic E-state index is -0.710. The summed E-state index contributed by atoms with van der Waals surface area (Å²) in [6.07, 6.45) is 11.0. The summed E-state index contributed by atoms with van der Waals surface area (Å²) in [5.74, 6) is -1.30. The van der Waals surface area contributed by atoms with Crippen LogP contribution >= 0.6 is 23.5 Å². The lowest BCUT2D eigenvalue weighted by Gasteiger charge is -2.32. The van der Waals surface area contributed by atoms with Crippen LogP contribution in [0, 0.1) is 0 Å². The molecule has 1 aromatic rings. The van der Waals surface area contributed by atoms with Gasteiger partial charge in [-0.2, -0.15) is 0 Å². The molecule has 4 N–H and O–H groups in total. The number of thioether (sulfide) groups is 2. The average Bonchev–Trinajstić information content (AvgIpc) is 1.68. The first-order chi connectivity index (χ1) is 52.0. The fourth-order valence-electron chi connectivity index (χ4n) is 12.8. The van der Waals surface area contributed by atoms with Gasteiger partial charge < -0.3 is 69.5 Å². The smallest absolute Gasteiger partial charge is 0.410 e. The van der Waals surface area contributed by atoms with E-state index in [2.05, 4.69) is 26.2 Å². The van der Waals surface area contributed by atoms with E-state index in [1.165, 1.54) is 33.3 Å². The van der Waals surface area contributed by atoms with Crippen LogP contribution in [0.5, 0.6) is 5.75 Å². The standard InChI is InChI=1S/C80H137N11O17S2/c1-16-104-77(5,6)39-51-88(72(99)57-79(9,10)106-18-3)59-67(94)83-43-41-81-65(92)37-49-90-70(97)55-63(74(90)101)109-53-28-22-20-26-47-87(69(96)32-25-24-31-61-33-35-62(36-34-61)108-76(103)86(15)46-30-45-85(13)14)48-27-21-23-29-54-110-64-56-71(98)91(75(64)102)50-38-66(93)82-42-44-84-68(95)60-89(52-40-78(7,8)105-17-2)73(100)58-80(11,12)107-19-4/h33-36,63-64H,16-32,37-60H2,1-15H3,(H,81,92)(H,82,93)(H,83,94)(H,84,95). The lowest BCUT2D eigenvalue weighted by molar-refractivity contribution is -0.142. The highest BCUT2D eigenvalue weighted by Gasteiger charge is 2.40. The summed E-state index contributed by atoms with van der Waals surface area (Å²) < 4.78 is 28.7. The van der Waals surface area contributed by atoms with E-state index >= 15 is 0 Å². The predicted molar refractivity (Wildman–Crippen MR) is 430 cm³/mol. The summed E-state index contributed by atoms with van der Waals surface area (Å²) in [4.78, 5) is 169. The molecule has 1 aromatic carbocycles. The topological polar surface area (TPSA) is 322 Å². The molecule has 110 heavy (non-hydrogen) atoms. The monoisotopic (exact) mass is 1590 g/mol.